The van der Waals surface area contributed by atoms with E-state index in [2.05, 4.69) is 30.6 Å². The Morgan fingerprint density at radius 2 is 1.95 bits per heavy atom. The van der Waals surface area contributed by atoms with Crippen LogP contribution in [-0.4, -0.2) is 66.8 Å². The monoisotopic (exact) mass is 269 g/mol. The summed E-state index contributed by atoms with van der Waals surface area (Å²) >= 11 is 0. The second-order valence-corrected chi connectivity index (χ2v) is 6.38. The van der Waals surface area contributed by atoms with Crippen molar-refractivity contribution in [2.24, 2.45) is 5.73 Å². The van der Waals surface area contributed by atoms with Gasteiger partial charge in [-0.3, -0.25) is 9.80 Å². The highest BCUT2D eigenvalue weighted by Gasteiger charge is 2.43. The molecule has 112 valence electrons. The smallest absolute Gasteiger partial charge is 0.0599 e. The van der Waals surface area contributed by atoms with Gasteiger partial charge in [0.05, 0.1) is 6.10 Å². The topological polar surface area (TPSA) is 41.7 Å². The van der Waals surface area contributed by atoms with Crippen molar-refractivity contribution in [1.29, 1.82) is 0 Å². The molecule has 19 heavy (non-hydrogen) atoms. The molecule has 2 fully saturated rings. The highest BCUT2D eigenvalue weighted by molar-refractivity contribution is 5.01. The van der Waals surface area contributed by atoms with E-state index in [1.807, 2.05) is 0 Å². The number of nitrogens with two attached hydrogens (primary N) is 1. The van der Waals surface area contributed by atoms with Crippen molar-refractivity contribution in [1.82, 2.24) is 9.80 Å². The molecule has 2 saturated heterocycles. The van der Waals surface area contributed by atoms with Crippen LogP contribution in [0.1, 0.15) is 40.0 Å². The van der Waals surface area contributed by atoms with E-state index in [1.54, 1.807) is 0 Å². The van der Waals surface area contributed by atoms with Crippen LogP contribution in [0.5, 0.6) is 0 Å². The van der Waals surface area contributed by atoms with Gasteiger partial charge in [-0.15, -0.1) is 0 Å². The largest absolute Gasteiger partial charge is 0.378 e. The summed E-state index contributed by atoms with van der Waals surface area (Å²) in [6, 6.07) is 0.634. The van der Waals surface area contributed by atoms with E-state index in [1.165, 1.54) is 13.0 Å². The fourth-order valence-corrected chi connectivity index (χ4v) is 3.61. The van der Waals surface area contributed by atoms with Crippen molar-refractivity contribution in [3.8, 4) is 0 Å². The van der Waals surface area contributed by atoms with Crippen molar-refractivity contribution in [3.05, 3.63) is 0 Å². The molecule has 0 radical (unpaired) electrons. The molecule has 0 aliphatic carbocycles. The Balaban J connectivity index is 1.93. The number of hydrogen-bond donors (Lipinski definition) is 1. The number of likely N-dealkylation sites (tertiary alicyclic amines) is 2. The van der Waals surface area contributed by atoms with E-state index < -0.39 is 0 Å². The third-order valence-corrected chi connectivity index (χ3v) is 4.99. The van der Waals surface area contributed by atoms with Gasteiger partial charge in [0.15, 0.2) is 0 Å². The van der Waals surface area contributed by atoms with Crippen LogP contribution < -0.4 is 5.73 Å². The van der Waals surface area contributed by atoms with Crippen LogP contribution in [0.4, 0.5) is 0 Å². The highest BCUT2D eigenvalue weighted by Crippen LogP contribution is 2.31. The van der Waals surface area contributed by atoms with Gasteiger partial charge in [-0.05, 0) is 40.0 Å². The van der Waals surface area contributed by atoms with Gasteiger partial charge < -0.3 is 10.5 Å². The third kappa shape index (κ3) is 3.30. The zero-order valence-electron chi connectivity index (χ0n) is 12.9. The Hall–Kier alpha value is -0.160. The maximum absolute atomic E-state index is 6.16. The molecule has 0 bridgehead atoms. The van der Waals surface area contributed by atoms with E-state index in [-0.39, 0.29) is 5.54 Å². The average molecular weight is 269 g/mol. The van der Waals surface area contributed by atoms with Crippen molar-refractivity contribution in [2.45, 2.75) is 57.7 Å². The first kappa shape index (κ1) is 15.2. The lowest BCUT2D eigenvalue weighted by molar-refractivity contribution is -0.0164. The molecule has 2 rings (SSSR count). The molecule has 0 aromatic rings. The first-order valence-corrected chi connectivity index (χ1v) is 7.92. The van der Waals surface area contributed by atoms with Crippen molar-refractivity contribution in [3.63, 3.8) is 0 Å². The zero-order chi connectivity index (χ0) is 13.9. The summed E-state index contributed by atoms with van der Waals surface area (Å²) in [5.74, 6) is 0. The predicted octanol–water partition coefficient (Wildman–Crippen LogP) is 1.30. The Labute approximate surface area is 118 Å². The minimum absolute atomic E-state index is 0.224. The van der Waals surface area contributed by atoms with Crippen LogP contribution in [0.2, 0.25) is 0 Å². The molecule has 4 heteroatoms. The Kier molecular flexibility index (Phi) is 5.23. The fraction of sp³-hybridized carbons (Fsp3) is 1.00. The molecular formula is C15H31N3O. The van der Waals surface area contributed by atoms with E-state index in [0.717, 1.165) is 45.6 Å². The second-order valence-electron chi connectivity index (χ2n) is 6.38. The Bertz CT molecular complexity index is 277. The molecule has 2 aliphatic heterocycles. The average Bonchev–Trinajstić information content (AvgIpc) is 2.86. The van der Waals surface area contributed by atoms with Crippen LogP contribution in [0.3, 0.4) is 0 Å². The van der Waals surface area contributed by atoms with Crippen molar-refractivity contribution >= 4 is 0 Å². The summed E-state index contributed by atoms with van der Waals surface area (Å²) in [4.78, 5) is 5.21. The lowest BCUT2D eigenvalue weighted by Crippen LogP contribution is -2.58. The highest BCUT2D eigenvalue weighted by atomic mass is 16.5. The fourth-order valence-electron chi connectivity index (χ4n) is 3.61. The van der Waals surface area contributed by atoms with Gasteiger partial charge in [-0.25, -0.2) is 0 Å². The molecule has 0 saturated carbocycles. The first-order chi connectivity index (χ1) is 9.11. The van der Waals surface area contributed by atoms with Crippen LogP contribution in [0, 0.1) is 0 Å². The standard InChI is InChI=1S/C15H31N3O/c1-4-19-14-5-8-18(9-6-14)15(11-16)7-10-17(12-15)13(2)3/h13-14H,4-12,16H2,1-3H3. The molecule has 0 amide bonds. The number of nitrogens with zero attached hydrogens (tertiary/aromatic N) is 2. The summed E-state index contributed by atoms with van der Waals surface area (Å²) in [6.07, 6.45) is 4.02. The molecular weight excluding hydrogens is 238 g/mol. The zero-order valence-corrected chi connectivity index (χ0v) is 12.9. The normalized spacial score (nSPS) is 31.4. The van der Waals surface area contributed by atoms with E-state index >= 15 is 0 Å². The van der Waals surface area contributed by atoms with Crippen LogP contribution in [0.15, 0.2) is 0 Å². The maximum Gasteiger partial charge on any atom is 0.0599 e. The van der Waals surface area contributed by atoms with Gasteiger partial charge in [-0.2, -0.15) is 0 Å². The summed E-state index contributed by atoms with van der Waals surface area (Å²) < 4.78 is 5.75. The molecule has 0 aromatic carbocycles. The Morgan fingerprint density at radius 3 is 2.42 bits per heavy atom. The molecule has 1 unspecified atom stereocenters. The number of rotatable bonds is 5. The number of piperidine rings is 1. The predicted molar refractivity (Wildman–Crippen MR) is 79.3 cm³/mol. The minimum Gasteiger partial charge on any atom is -0.378 e. The van der Waals surface area contributed by atoms with Gasteiger partial charge in [0.25, 0.3) is 0 Å². The Morgan fingerprint density at radius 1 is 1.26 bits per heavy atom. The summed E-state index contributed by atoms with van der Waals surface area (Å²) in [5, 5.41) is 0. The van der Waals surface area contributed by atoms with E-state index in [0.29, 0.717) is 12.1 Å². The van der Waals surface area contributed by atoms with Gasteiger partial charge in [0.1, 0.15) is 0 Å². The molecule has 0 aromatic heterocycles. The number of ether oxygens (including phenoxy) is 1. The van der Waals surface area contributed by atoms with Crippen LogP contribution >= 0.6 is 0 Å². The quantitative estimate of drug-likeness (QED) is 0.817. The van der Waals surface area contributed by atoms with Crippen molar-refractivity contribution < 1.29 is 4.74 Å². The van der Waals surface area contributed by atoms with E-state index in [9.17, 15) is 0 Å². The van der Waals surface area contributed by atoms with Crippen LogP contribution in [0.25, 0.3) is 0 Å². The van der Waals surface area contributed by atoms with Gasteiger partial charge in [0.2, 0.25) is 0 Å². The SMILES string of the molecule is CCOC1CCN(C2(CN)CCN(C(C)C)C2)CC1. The number of hydrogen-bond acceptors (Lipinski definition) is 4. The first-order valence-electron chi connectivity index (χ1n) is 7.92. The molecule has 2 heterocycles. The van der Waals surface area contributed by atoms with Gasteiger partial charge in [0, 0.05) is 50.9 Å². The maximum atomic E-state index is 6.16. The molecule has 4 nitrogen and oxygen atoms in total. The lowest BCUT2D eigenvalue weighted by atomic mass is 9.92. The minimum atomic E-state index is 0.224. The van der Waals surface area contributed by atoms with Crippen LogP contribution in [-0.2, 0) is 4.74 Å². The van der Waals surface area contributed by atoms with Gasteiger partial charge >= 0.3 is 0 Å². The second kappa shape index (κ2) is 6.53. The molecule has 2 N–H and O–H groups in total. The summed E-state index contributed by atoms with van der Waals surface area (Å²) in [6.45, 7) is 12.9. The van der Waals surface area contributed by atoms with Crippen molar-refractivity contribution in [2.75, 3.05) is 39.3 Å². The lowest BCUT2D eigenvalue weighted by Gasteiger charge is -2.44. The van der Waals surface area contributed by atoms with Gasteiger partial charge in [-0.1, -0.05) is 0 Å². The summed E-state index contributed by atoms with van der Waals surface area (Å²) in [5.41, 5.74) is 6.38. The molecule has 0 spiro atoms. The van der Waals surface area contributed by atoms with E-state index in [4.69, 9.17) is 10.5 Å². The summed E-state index contributed by atoms with van der Waals surface area (Å²) in [7, 11) is 0. The third-order valence-electron chi connectivity index (χ3n) is 4.99. The molecule has 2 aliphatic rings. The molecule has 1 atom stereocenters.